The number of hydrogen-bond donors (Lipinski definition) is 1. The molecule has 82 valence electrons. The topological polar surface area (TPSA) is 82.7 Å². The first kappa shape index (κ1) is 12.6. The highest BCUT2D eigenvalue weighted by atomic mass is 79.9. The molecule has 1 aromatic heterocycles. The number of aromatic amines is 1. The minimum Gasteiger partial charge on any atom is -0.358 e. The number of hydrogen-bond acceptors (Lipinski definition) is 3. The fourth-order valence-electron chi connectivity index (χ4n) is 0.928. The minimum absolute atomic E-state index is 0.102. The molecule has 0 fully saturated rings. The molecule has 0 amide bonds. The van der Waals surface area contributed by atoms with Gasteiger partial charge in [0.1, 0.15) is 6.07 Å². The van der Waals surface area contributed by atoms with E-state index in [1.54, 1.807) is 6.07 Å². The van der Waals surface area contributed by atoms with E-state index in [1.165, 1.54) is 6.26 Å². The second-order valence-electron chi connectivity index (χ2n) is 2.59. The Hall–Kier alpha value is -0.420. The number of nitrogens with one attached hydrogen (secondary N) is 1. The van der Waals surface area contributed by atoms with Crippen LogP contribution in [0.15, 0.2) is 9.50 Å². The Morgan fingerprint density at radius 3 is 2.47 bits per heavy atom. The van der Waals surface area contributed by atoms with Crippen molar-refractivity contribution < 1.29 is 4.92 Å². The second-order valence-corrected chi connectivity index (χ2v) is 9.42. The van der Waals surface area contributed by atoms with Crippen molar-refractivity contribution in [3.05, 3.63) is 20.2 Å². The van der Waals surface area contributed by atoms with Crippen LogP contribution < -0.4 is 0 Å². The third-order valence-corrected chi connectivity index (χ3v) is 4.54. The van der Waals surface area contributed by atoms with Gasteiger partial charge in [-0.25, -0.2) is 4.98 Å². The zero-order valence-corrected chi connectivity index (χ0v) is 11.2. The van der Waals surface area contributed by atoms with Crippen LogP contribution in [0.1, 0.15) is 5.56 Å². The van der Waals surface area contributed by atoms with E-state index < -0.39 is 19.2 Å². The van der Waals surface area contributed by atoms with Crippen LogP contribution in [0.25, 0.3) is 0 Å². The summed E-state index contributed by atoms with van der Waals surface area (Å²) in [6.45, 7) is 0. The van der Waals surface area contributed by atoms with Crippen LogP contribution in [0.3, 0.4) is 0 Å². The number of halogens is 3. The van der Waals surface area contributed by atoms with Gasteiger partial charge in [0.2, 0.25) is 0 Å². The molecule has 0 saturated heterocycles. The van der Waals surface area contributed by atoms with E-state index in [0.717, 1.165) is 0 Å². The normalized spacial score (nSPS) is 12.2. The Bertz CT molecular complexity index is 462. The predicted octanol–water partition coefficient (Wildman–Crippen LogP) is 3.66. The van der Waals surface area contributed by atoms with Crippen molar-refractivity contribution >= 4 is 51.6 Å². The second kappa shape index (κ2) is 4.22. The van der Waals surface area contributed by atoms with Gasteiger partial charge in [-0.05, 0) is 56.9 Å². The average Bonchev–Trinajstić information content (AvgIpc) is 2.41. The zero-order valence-electron chi connectivity index (χ0n) is 7.25. The summed E-state index contributed by atoms with van der Waals surface area (Å²) in [4.78, 5) is 12.4. The van der Waals surface area contributed by atoms with E-state index in [2.05, 4.69) is 20.9 Å². The Morgan fingerprint density at radius 1 is 1.67 bits per heavy atom. The van der Waals surface area contributed by atoms with E-state index in [-0.39, 0.29) is 15.1 Å². The molecule has 0 spiro atoms. The van der Waals surface area contributed by atoms with Gasteiger partial charge in [-0.2, -0.15) is 5.26 Å². The number of nitriles is 1. The molecule has 0 aromatic carbocycles. The molecule has 15 heavy (non-hydrogen) atoms. The van der Waals surface area contributed by atoms with Crippen LogP contribution in [0, 0.1) is 21.4 Å². The highest BCUT2D eigenvalue weighted by Gasteiger charge is 2.31. The molecule has 1 rings (SSSR count). The Balaban J connectivity index is 3.49. The van der Waals surface area contributed by atoms with Gasteiger partial charge < -0.3 is 10.1 Å². The molecule has 0 aliphatic heterocycles. The van der Waals surface area contributed by atoms with Gasteiger partial charge in [0.05, 0.1) is 4.47 Å². The third-order valence-electron chi connectivity index (χ3n) is 1.54. The van der Waals surface area contributed by atoms with E-state index in [1.807, 2.05) is 0 Å². The van der Waals surface area contributed by atoms with Crippen LogP contribution in [0.4, 0.5) is 5.82 Å². The van der Waals surface area contributed by atoms with Crippen LogP contribution in [0.2, 0.25) is 0 Å². The number of aromatic nitrogens is 1. The molecule has 0 bridgehead atoms. The quantitative estimate of drug-likeness (QED) is 0.662. The Labute approximate surface area is 104 Å². The van der Waals surface area contributed by atoms with Crippen molar-refractivity contribution in [3.8, 4) is 6.07 Å². The van der Waals surface area contributed by atoms with Gasteiger partial charge in [0.15, 0.2) is 10.6 Å². The molecule has 0 atom stereocenters. The summed E-state index contributed by atoms with van der Waals surface area (Å²) >= 11 is 3.06. The van der Waals surface area contributed by atoms with Crippen LogP contribution >= 0.6 is 45.7 Å². The van der Waals surface area contributed by atoms with Crippen LogP contribution in [-0.4, -0.2) is 16.2 Å². The number of nitro groups is 1. The lowest BCUT2D eigenvalue weighted by molar-refractivity contribution is -0.389. The largest absolute Gasteiger partial charge is 0.358 e. The maximum Gasteiger partial charge on any atom is 0.340 e. The first-order chi connectivity index (χ1) is 6.79. The molecule has 9 heteroatoms. The Kier molecular flexibility index (Phi) is 3.55. The summed E-state index contributed by atoms with van der Waals surface area (Å²) in [6, 6.07) is 1.71. The maximum absolute atomic E-state index is 10.6. The maximum atomic E-state index is 10.6. The molecule has 0 aliphatic rings. The number of rotatable bonds is 2. The van der Waals surface area contributed by atoms with Gasteiger partial charge >= 0.3 is 5.82 Å². The molecule has 0 radical (unpaired) electrons. The van der Waals surface area contributed by atoms with Crippen molar-refractivity contribution in [2.75, 3.05) is 6.26 Å². The van der Waals surface area contributed by atoms with Crippen molar-refractivity contribution in [2.24, 2.45) is 0 Å². The van der Waals surface area contributed by atoms with Crippen molar-refractivity contribution in [2.45, 2.75) is 5.03 Å². The minimum atomic E-state index is -2.19. The first-order valence-corrected chi connectivity index (χ1v) is 7.91. The number of H-pyrrole nitrogens is 1. The van der Waals surface area contributed by atoms with E-state index in [0.29, 0.717) is 0 Å². The predicted molar refractivity (Wildman–Crippen MR) is 63.3 cm³/mol. The number of nitrogens with zero attached hydrogens (tertiary/aromatic N) is 2. The summed E-state index contributed by atoms with van der Waals surface area (Å²) in [5.41, 5.74) is -0.102. The fourth-order valence-corrected chi connectivity index (χ4v) is 4.22. The van der Waals surface area contributed by atoms with Gasteiger partial charge in [-0.3, -0.25) is 0 Å². The average molecular weight is 333 g/mol. The highest BCUT2D eigenvalue weighted by molar-refractivity contribution is 9.10. The van der Waals surface area contributed by atoms with Crippen LogP contribution in [0.5, 0.6) is 0 Å². The summed E-state index contributed by atoms with van der Waals surface area (Å²) in [5.74, 6) is -0.403. The highest BCUT2D eigenvalue weighted by Crippen LogP contribution is 2.64. The molecule has 5 nitrogen and oxygen atoms in total. The summed E-state index contributed by atoms with van der Waals surface area (Å²) in [7, 11) is 9.54. The molecule has 0 aliphatic carbocycles. The van der Waals surface area contributed by atoms with Gasteiger partial charge in [-0.15, -0.1) is 0 Å². The molecule has 0 unspecified atom stereocenters. The smallest absolute Gasteiger partial charge is 0.340 e. The third kappa shape index (κ3) is 2.39. The summed E-state index contributed by atoms with van der Waals surface area (Å²) in [5, 5.41) is 19.6. The standard InChI is InChI=1S/C6H4BrCl2N3O2S/c1-15(8,9)6-4(7)3(2-10)5(11-6)12(13)14/h11H,1H3. The molecular weight excluding hydrogens is 329 g/mol. The van der Waals surface area contributed by atoms with Gasteiger partial charge in [-0.1, -0.05) is 0 Å². The zero-order chi connectivity index (χ0) is 11.8. The monoisotopic (exact) mass is 331 g/mol. The molecule has 0 saturated carbocycles. The fraction of sp³-hybridized carbons (Fsp3) is 0.167. The van der Waals surface area contributed by atoms with Crippen molar-refractivity contribution in [1.82, 2.24) is 4.98 Å². The lowest BCUT2D eigenvalue weighted by Crippen LogP contribution is -1.90. The van der Waals surface area contributed by atoms with Crippen molar-refractivity contribution in [1.29, 1.82) is 5.26 Å². The van der Waals surface area contributed by atoms with Crippen LogP contribution in [-0.2, 0) is 0 Å². The summed E-state index contributed by atoms with van der Waals surface area (Å²) < 4.78 is 0.249. The van der Waals surface area contributed by atoms with E-state index >= 15 is 0 Å². The summed E-state index contributed by atoms with van der Waals surface area (Å²) in [6.07, 6.45) is 1.53. The van der Waals surface area contributed by atoms with Gasteiger partial charge in [0.25, 0.3) is 0 Å². The Morgan fingerprint density at radius 2 is 2.20 bits per heavy atom. The lowest BCUT2D eigenvalue weighted by atomic mass is 10.3. The lowest BCUT2D eigenvalue weighted by Gasteiger charge is -2.13. The first-order valence-electron chi connectivity index (χ1n) is 3.42. The molecular formula is C6H4BrCl2N3O2S. The van der Waals surface area contributed by atoms with E-state index in [9.17, 15) is 10.1 Å². The molecule has 1 heterocycles. The van der Waals surface area contributed by atoms with Gasteiger partial charge in [0, 0.05) is 0 Å². The molecule has 1 aromatic rings. The molecule has 1 N–H and O–H groups in total. The van der Waals surface area contributed by atoms with Crippen molar-refractivity contribution in [3.63, 3.8) is 0 Å². The van der Waals surface area contributed by atoms with E-state index in [4.69, 9.17) is 26.6 Å². The SMILES string of the molecule is CS(Cl)(Cl)c1[nH]c([N+](=O)[O-])c(C#N)c1Br.